The van der Waals surface area contributed by atoms with E-state index in [4.69, 9.17) is 0 Å². The normalized spacial score (nSPS) is 19.0. The lowest BCUT2D eigenvalue weighted by Gasteiger charge is -2.38. The first-order chi connectivity index (χ1) is 13.8. The van der Waals surface area contributed by atoms with E-state index in [2.05, 4.69) is 15.2 Å². The number of rotatable bonds is 6. The molecule has 0 radical (unpaired) electrons. The fourth-order valence-corrected chi connectivity index (χ4v) is 3.84. The number of nitrogens with zero attached hydrogens (tertiary/aromatic N) is 2. The second kappa shape index (κ2) is 9.49. The second-order valence-corrected chi connectivity index (χ2v) is 9.01. The standard InChI is InChI=1S/C24H32FN3O/c1-24(2,3)23(29)27-22(21-9-4-6-14-26-21)16-20-8-5-7-15-28(20)17-18-10-12-19(25)13-11-18/h4,6,9-14,20,22H,5,7-8,15-17H2,1-3H3,(H,27,29)/t20-,22+/m0/s1. The molecule has 1 aliphatic heterocycles. The highest BCUT2D eigenvalue weighted by atomic mass is 19.1. The topological polar surface area (TPSA) is 45.2 Å². The average molecular weight is 398 g/mol. The van der Waals surface area contributed by atoms with E-state index >= 15 is 0 Å². The van der Waals surface area contributed by atoms with Gasteiger partial charge in [-0.15, -0.1) is 0 Å². The van der Waals surface area contributed by atoms with Gasteiger partial charge in [-0.25, -0.2) is 4.39 Å². The maximum atomic E-state index is 13.3. The van der Waals surface area contributed by atoms with Crippen molar-refractivity contribution in [2.75, 3.05) is 6.54 Å². The fourth-order valence-electron chi connectivity index (χ4n) is 3.84. The molecule has 1 amide bonds. The first-order valence-corrected chi connectivity index (χ1v) is 10.5. The van der Waals surface area contributed by atoms with Gasteiger partial charge in [0, 0.05) is 24.2 Å². The summed E-state index contributed by atoms with van der Waals surface area (Å²) >= 11 is 0. The second-order valence-electron chi connectivity index (χ2n) is 9.01. The largest absolute Gasteiger partial charge is 0.347 e. The van der Waals surface area contributed by atoms with Crippen LogP contribution in [0.15, 0.2) is 48.7 Å². The summed E-state index contributed by atoms with van der Waals surface area (Å²) in [6.07, 6.45) is 6.05. The van der Waals surface area contributed by atoms with Crippen molar-refractivity contribution in [1.29, 1.82) is 0 Å². The van der Waals surface area contributed by atoms with Crippen LogP contribution in [-0.4, -0.2) is 28.4 Å². The third kappa shape index (κ3) is 6.10. The molecule has 2 heterocycles. The third-order valence-electron chi connectivity index (χ3n) is 5.59. The molecule has 5 heteroatoms. The molecule has 1 aliphatic rings. The highest BCUT2D eigenvalue weighted by Crippen LogP contribution is 2.28. The molecule has 0 aliphatic carbocycles. The smallest absolute Gasteiger partial charge is 0.225 e. The number of pyridine rings is 1. The van der Waals surface area contributed by atoms with E-state index < -0.39 is 5.41 Å². The summed E-state index contributed by atoms with van der Waals surface area (Å²) in [5.41, 5.74) is 1.57. The van der Waals surface area contributed by atoms with E-state index in [0.717, 1.165) is 37.2 Å². The molecular formula is C24H32FN3O. The minimum Gasteiger partial charge on any atom is -0.347 e. The molecule has 1 fully saturated rings. The molecule has 3 rings (SSSR count). The number of amides is 1. The van der Waals surface area contributed by atoms with Gasteiger partial charge in [0.2, 0.25) is 5.91 Å². The number of hydrogen-bond acceptors (Lipinski definition) is 3. The molecule has 29 heavy (non-hydrogen) atoms. The van der Waals surface area contributed by atoms with Gasteiger partial charge in [0.1, 0.15) is 5.82 Å². The van der Waals surface area contributed by atoms with Crippen LogP contribution in [0.1, 0.15) is 63.8 Å². The molecule has 0 spiro atoms. The quantitative estimate of drug-likeness (QED) is 0.756. The molecule has 2 atom stereocenters. The van der Waals surface area contributed by atoms with Gasteiger partial charge in [-0.1, -0.05) is 45.4 Å². The van der Waals surface area contributed by atoms with Crippen LogP contribution in [0.4, 0.5) is 4.39 Å². The van der Waals surface area contributed by atoms with Crippen LogP contribution < -0.4 is 5.32 Å². The monoisotopic (exact) mass is 397 g/mol. The first kappa shape index (κ1) is 21.4. The number of carbonyl (C=O) groups excluding carboxylic acids is 1. The fraction of sp³-hybridized carbons (Fsp3) is 0.500. The maximum Gasteiger partial charge on any atom is 0.225 e. The zero-order valence-electron chi connectivity index (χ0n) is 17.7. The van der Waals surface area contributed by atoms with Crippen LogP contribution in [0.25, 0.3) is 0 Å². The first-order valence-electron chi connectivity index (χ1n) is 10.5. The summed E-state index contributed by atoms with van der Waals surface area (Å²) in [6, 6.07) is 12.8. The molecule has 0 unspecified atom stereocenters. The van der Waals surface area contributed by atoms with Gasteiger partial charge in [-0.3, -0.25) is 14.7 Å². The summed E-state index contributed by atoms with van der Waals surface area (Å²) in [4.78, 5) is 19.7. The average Bonchev–Trinajstić information content (AvgIpc) is 2.70. The molecule has 4 nitrogen and oxygen atoms in total. The third-order valence-corrected chi connectivity index (χ3v) is 5.59. The number of halogens is 1. The van der Waals surface area contributed by atoms with Gasteiger partial charge in [-0.2, -0.15) is 0 Å². The van der Waals surface area contributed by atoms with Gasteiger partial charge >= 0.3 is 0 Å². The predicted octanol–water partition coefficient (Wildman–Crippen LogP) is 4.87. The summed E-state index contributed by atoms with van der Waals surface area (Å²) in [6.45, 7) is 7.61. The van der Waals surface area contributed by atoms with Crippen molar-refractivity contribution in [1.82, 2.24) is 15.2 Å². The molecular weight excluding hydrogens is 365 g/mol. The van der Waals surface area contributed by atoms with Gasteiger partial charge in [0.25, 0.3) is 0 Å². The Morgan fingerprint density at radius 2 is 1.97 bits per heavy atom. The Morgan fingerprint density at radius 3 is 2.62 bits per heavy atom. The lowest BCUT2D eigenvalue weighted by molar-refractivity contribution is -0.129. The number of likely N-dealkylation sites (tertiary alicyclic amines) is 1. The van der Waals surface area contributed by atoms with Gasteiger partial charge in [0.05, 0.1) is 11.7 Å². The van der Waals surface area contributed by atoms with Crippen LogP contribution in [0.2, 0.25) is 0 Å². The van der Waals surface area contributed by atoms with E-state index in [1.54, 1.807) is 6.20 Å². The zero-order chi connectivity index (χ0) is 20.9. The van der Waals surface area contributed by atoms with E-state index in [1.807, 2.05) is 51.1 Å². The van der Waals surface area contributed by atoms with E-state index in [0.29, 0.717) is 6.04 Å². The minimum absolute atomic E-state index is 0.0362. The van der Waals surface area contributed by atoms with Crippen molar-refractivity contribution in [3.05, 3.63) is 65.7 Å². The highest BCUT2D eigenvalue weighted by Gasteiger charge is 2.30. The molecule has 1 aromatic carbocycles. The Hall–Kier alpha value is -2.27. The predicted molar refractivity (Wildman–Crippen MR) is 114 cm³/mol. The molecule has 0 bridgehead atoms. The van der Waals surface area contributed by atoms with Crippen LogP contribution in [-0.2, 0) is 11.3 Å². The van der Waals surface area contributed by atoms with Crippen molar-refractivity contribution in [2.45, 2.75) is 65.1 Å². The zero-order valence-corrected chi connectivity index (χ0v) is 17.7. The Balaban J connectivity index is 1.76. The maximum absolute atomic E-state index is 13.3. The Labute approximate surface area is 173 Å². The molecule has 1 N–H and O–H groups in total. The molecule has 2 aromatic rings. The molecule has 156 valence electrons. The van der Waals surface area contributed by atoms with Gasteiger partial charge < -0.3 is 5.32 Å². The summed E-state index contributed by atoms with van der Waals surface area (Å²) < 4.78 is 13.3. The van der Waals surface area contributed by atoms with E-state index in [1.165, 1.54) is 25.0 Å². The number of benzene rings is 1. The lowest BCUT2D eigenvalue weighted by atomic mass is 9.91. The van der Waals surface area contributed by atoms with Crippen molar-refractivity contribution < 1.29 is 9.18 Å². The minimum atomic E-state index is -0.451. The van der Waals surface area contributed by atoms with Crippen molar-refractivity contribution in [2.24, 2.45) is 5.41 Å². The van der Waals surface area contributed by atoms with E-state index in [-0.39, 0.29) is 17.8 Å². The van der Waals surface area contributed by atoms with Crippen LogP contribution in [0.5, 0.6) is 0 Å². The van der Waals surface area contributed by atoms with Crippen LogP contribution in [0, 0.1) is 11.2 Å². The molecule has 1 saturated heterocycles. The summed E-state index contributed by atoms with van der Waals surface area (Å²) in [7, 11) is 0. The van der Waals surface area contributed by atoms with Crippen LogP contribution in [0.3, 0.4) is 0 Å². The summed E-state index contributed by atoms with van der Waals surface area (Å²) in [5.74, 6) is -0.168. The van der Waals surface area contributed by atoms with Crippen molar-refractivity contribution in [3.8, 4) is 0 Å². The number of aromatic nitrogens is 1. The SMILES string of the molecule is CC(C)(C)C(=O)N[C@H](C[C@@H]1CCCCN1Cc1ccc(F)cc1)c1ccccn1. The van der Waals surface area contributed by atoms with Gasteiger partial charge in [-0.05, 0) is 55.6 Å². The number of nitrogens with one attached hydrogen (secondary N) is 1. The number of hydrogen-bond donors (Lipinski definition) is 1. The lowest BCUT2D eigenvalue weighted by Crippen LogP contribution is -2.44. The number of piperidine rings is 1. The van der Waals surface area contributed by atoms with Crippen LogP contribution >= 0.6 is 0 Å². The molecule has 0 saturated carbocycles. The summed E-state index contributed by atoms with van der Waals surface area (Å²) in [5, 5.41) is 3.23. The van der Waals surface area contributed by atoms with Crippen molar-refractivity contribution >= 4 is 5.91 Å². The van der Waals surface area contributed by atoms with Crippen molar-refractivity contribution in [3.63, 3.8) is 0 Å². The highest BCUT2D eigenvalue weighted by molar-refractivity contribution is 5.81. The molecule has 1 aromatic heterocycles. The Morgan fingerprint density at radius 1 is 1.21 bits per heavy atom. The number of carbonyl (C=O) groups is 1. The Kier molecular flexibility index (Phi) is 7.01. The Bertz CT molecular complexity index is 786. The van der Waals surface area contributed by atoms with E-state index in [9.17, 15) is 9.18 Å². The van der Waals surface area contributed by atoms with Gasteiger partial charge in [0.15, 0.2) is 0 Å².